The van der Waals surface area contributed by atoms with Gasteiger partial charge in [0.05, 0.1) is 0 Å². The van der Waals surface area contributed by atoms with Gasteiger partial charge in [-0.1, -0.05) is 12.1 Å². The molecule has 4 nitrogen and oxygen atoms in total. The van der Waals surface area contributed by atoms with Gasteiger partial charge in [0, 0.05) is 0 Å². The molecule has 0 atom stereocenters. The number of piperidine rings is 1. The van der Waals surface area contributed by atoms with Gasteiger partial charge in [0.1, 0.15) is 11.9 Å². The van der Waals surface area contributed by atoms with Gasteiger partial charge in [0.25, 0.3) is 0 Å². The Labute approximate surface area is 102 Å². The summed E-state index contributed by atoms with van der Waals surface area (Å²) in [7, 11) is 2.11. The van der Waals surface area contributed by atoms with Crippen LogP contribution in [0.15, 0.2) is 23.4 Å². The highest BCUT2D eigenvalue weighted by atomic mass is 16.5. The second kappa shape index (κ2) is 5.32. The number of hydrogen-bond donors (Lipinski definition) is 0. The van der Waals surface area contributed by atoms with Crippen molar-refractivity contribution >= 4 is 13.7 Å². The first-order valence-electron chi connectivity index (χ1n) is 5.99. The fourth-order valence-corrected chi connectivity index (χ4v) is 2.13. The van der Waals surface area contributed by atoms with E-state index in [0.29, 0.717) is 11.4 Å². The summed E-state index contributed by atoms with van der Waals surface area (Å²) in [5, 5.41) is 3.07. The summed E-state index contributed by atoms with van der Waals surface area (Å²) >= 11 is 0. The topological polar surface area (TPSA) is 41.9 Å². The van der Waals surface area contributed by atoms with E-state index in [9.17, 15) is 4.91 Å². The Morgan fingerprint density at radius 2 is 2.12 bits per heavy atom. The van der Waals surface area contributed by atoms with Crippen LogP contribution in [0, 0.1) is 11.8 Å². The van der Waals surface area contributed by atoms with E-state index in [1.165, 1.54) is 0 Å². The van der Waals surface area contributed by atoms with Crippen molar-refractivity contribution in [3.05, 3.63) is 28.7 Å². The van der Waals surface area contributed by atoms with Crippen LogP contribution in [0.2, 0.25) is 0 Å². The molecule has 1 heterocycles. The van der Waals surface area contributed by atoms with E-state index in [0.717, 1.165) is 31.5 Å². The normalized spacial score (nSPS) is 17.9. The Balaban J connectivity index is 2.08. The molecule has 1 aliphatic rings. The summed E-state index contributed by atoms with van der Waals surface area (Å²) in [6.07, 6.45) is 2.21. The second-order valence-corrected chi connectivity index (χ2v) is 4.63. The lowest BCUT2D eigenvalue weighted by Gasteiger charge is -2.29. The summed E-state index contributed by atoms with van der Waals surface area (Å²) < 4.78 is 5.89. The third kappa shape index (κ3) is 2.85. The average molecular weight is 232 g/mol. The summed E-state index contributed by atoms with van der Waals surface area (Å²) in [6, 6.07) is 5.59. The Morgan fingerprint density at radius 1 is 1.41 bits per heavy atom. The Hall–Kier alpha value is -1.36. The number of benzene rings is 1. The molecule has 2 rings (SSSR count). The lowest BCUT2D eigenvalue weighted by Crippen LogP contribution is -2.36. The number of nitroso groups, excluding NO2 is 1. The van der Waals surface area contributed by atoms with Gasteiger partial charge in [-0.2, -0.15) is 0 Å². The van der Waals surface area contributed by atoms with Crippen LogP contribution in [-0.4, -0.2) is 32.0 Å². The van der Waals surface area contributed by atoms with E-state index in [2.05, 4.69) is 18.0 Å². The fraction of sp³-hybridized carbons (Fsp3) is 0.500. The zero-order valence-electron chi connectivity index (χ0n) is 10.3. The van der Waals surface area contributed by atoms with E-state index in [1.807, 2.05) is 25.1 Å². The number of ether oxygens (including phenoxy) is 1. The molecule has 0 N–H and O–H groups in total. The molecule has 0 radical (unpaired) electrons. The zero-order chi connectivity index (χ0) is 12.3. The minimum absolute atomic E-state index is 0.202. The molecular weight excluding hydrogens is 215 g/mol. The van der Waals surface area contributed by atoms with Crippen LogP contribution in [0.4, 0.5) is 5.69 Å². The van der Waals surface area contributed by atoms with Crippen LogP contribution < -0.4 is 4.74 Å². The van der Waals surface area contributed by atoms with Gasteiger partial charge in [0.15, 0.2) is 13.7 Å². The SMILES string of the molecule is BN1CCC(Oc2cccc(C)c2N=O)CC1. The van der Waals surface area contributed by atoms with Crippen LogP contribution in [0.25, 0.3) is 0 Å². The van der Waals surface area contributed by atoms with Gasteiger partial charge in [-0.25, -0.2) is 0 Å². The van der Waals surface area contributed by atoms with Gasteiger partial charge < -0.3 is 9.55 Å². The van der Waals surface area contributed by atoms with Crippen molar-refractivity contribution in [1.29, 1.82) is 0 Å². The second-order valence-electron chi connectivity index (χ2n) is 4.63. The molecule has 0 saturated carbocycles. The molecule has 17 heavy (non-hydrogen) atoms. The first-order valence-corrected chi connectivity index (χ1v) is 5.99. The lowest BCUT2D eigenvalue weighted by atomic mass is 10.0. The number of rotatable bonds is 3. The minimum atomic E-state index is 0.202. The van der Waals surface area contributed by atoms with Crippen LogP contribution in [-0.2, 0) is 0 Å². The highest BCUT2D eigenvalue weighted by Crippen LogP contribution is 2.32. The summed E-state index contributed by atoms with van der Waals surface area (Å²) in [6.45, 7) is 3.96. The van der Waals surface area contributed by atoms with Crippen molar-refractivity contribution in [3.8, 4) is 5.75 Å². The predicted octanol–water partition coefficient (Wildman–Crippen LogP) is 1.78. The standard InChI is InChI=1S/C12H17BN2O2/c1-9-3-2-4-11(12(9)14-16)17-10-5-7-15(13)8-6-10/h2-4,10H,5-8,13H2,1H3. The van der Waals surface area contributed by atoms with E-state index >= 15 is 0 Å². The van der Waals surface area contributed by atoms with E-state index in [1.54, 1.807) is 0 Å². The molecule has 90 valence electrons. The zero-order valence-corrected chi connectivity index (χ0v) is 10.3. The highest BCUT2D eigenvalue weighted by molar-refractivity contribution is 6.04. The first kappa shape index (κ1) is 12.1. The molecule has 0 bridgehead atoms. The maximum atomic E-state index is 10.8. The molecule has 1 fully saturated rings. The molecule has 1 aromatic rings. The molecule has 0 aromatic heterocycles. The third-order valence-corrected chi connectivity index (χ3v) is 3.25. The Bertz CT molecular complexity index is 403. The van der Waals surface area contributed by atoms with Gasteiger partial charge in [-0.15, -0.1) is 4.91 Å². The molecule has 0 unspecified atom stereocenters. The third-order valence-electron chi connectivity index (χ3n) is 3.25. The maximum absolute atomic E-state index is 10.8. The monoisotopic (exact) mass is 232 g/mol. The lowest BCUT2D eigenvalue weighted by molar-refractivity contribution is 0.137. The molecule has 0 aliphatic carbocycles. The summed E-state index contributed by atoms with van der Waals surface area (Å²) in [5.41, 5.74) is 1.30. The van der Waals surface area contributed by atoms with Crippen molar-refractivity contribution < 1.29 is 4.74 Å². The van der Waals surface area contributed by atoms with Crippen molar-refractivity contribution in [2.75, 3.05) is 13.1 Å². The molecular formula is C12H17BN2O2. The molecule has 0 spiro atoms. The first-order chi connectivity index (χ1) is 8.20. The number of hydrogen-bond acceptors (Lipinski definition) is 4. The van der Waals surface area contributed by atoms with E-state index in [4.69, 9.17) is 4.74 Å². The average Bonchev–Trinajstić information content (AvgIpc) is 2.32. The Morgan fingerprint density at radius 3 is 2.76 bits per heavy atom. The number of aryl methyl sites for hydroxylation is 1. The van der Waals surface area contributed by atoms with Gasteiger partial charge in [-0.05, 0) is 49.7 Å². The van der Waals surface area contributed by atoms with Gasteiger partial charge in [0.2, 0.25) is 0 Å². The largest absolute Gasteiger partial charge is 0.488 e. The molecule has 1 aliphatic heterocycles. The van der Waals surface area contributed by atoms with Crippen LogP contribution >= 0.6 is 0 Å². The van der Waals surface area contributed by atoms with Gasteiger partial charge >= 0.3 is 0 Å². The van der Waals surface area contributed by atoms with E-state index in [-0.39, 0.29) is 6.10 Å². The molecule has 1 saturated heterocycles. The van der Waals surface area contributed by atoms with Gasteiger partial charge in [-0.3, -0.25) is 0 Å². The fourth-order valence-electron chi connectivity index (χ4n) is 2.13. The minimum Gasteiger partial charge on any atom is -0.488 e. The molecule has 1 aromatic carbocycles. The molecule has 5 heteroatoms. The van der Waals surface area contributed by atoms with Crippen molar-refractivity contribution in [2.45, 2.75) is 25.9 Å². The molecule has 0 amide bonds. The van der Waals surface area contributed by atoms with Crippen LogP contribution in [0.5, 0.6) is 5.75 Å². The maximum Gasteiger partial charge on any atom is 0.185 e. The van der Waals surface area contributed by atoms with E-state index < -0.39 is 0 Å². The van der Waals surface area contributed by atoms with Crippen LogP contribution in [0.1, 0.15) is 18.4 Å². The summed E-state index contributed by atoms with van der Waals surface area (Å²) in [5.74, 6) is 0.620. The van der Waals surface area contributed by atoms with Crippen molar-refractivity contribution in [2.24, 2.45) is 5.18 Å². The highest BCUT2D eigenvalue weighted by Gasteiger charge is 2.19. The van der Waals surface area contributed by atoms with Crippen molar-refractivity contribution in [3.63, 3.8) is 0 Å². The quantitative estimate of drug-likeness (QED) is 0.589. The van der Waals surface area contributed by atoms with Crippen LogP contribution in [0.3, 0.4) is 0 Å². The Kier molecular flexibility index (Phi) is 3.79. The summed E-state index contributed by atoms with van der Waals surface area (Å²) in [4.78, 5) is 13.1. The number of nitrogens with zero attached hydrogens (tertiary/aromatic N) is 2. The predicted molar refractivity (Wildman–Crippen MR) is 70.4 cm³/mol. The smallest absolute Gasteiger partial charge is 0.185 e. The van der Waals surface area contributed by atoms with Crippen molar-refractivity contribution in [1.82, 2.24) is 4.81 Å².